The van der Waals surface area contributed by atoms with Gasteiger partial charge in [-0.2, -0.15) is 0 Å². The first-order chi connectivity index (χ1) is 8.20. The molecule has 0 aliphatic heterocycles. The Hall–Kier alpha value is -1.64. The lowest BCUT2D eigenvalue weighted by molar-refractivity contribution is -0.144. The Morgan fingerprint density at radius 1 is 1.35 bits per heavy atom. The molecule has 0 atom stereocenters. The highest BCUT2D eigenvalue weighted by Gasteiger charge is 2.45. The lowest BCUT2D eigenvalue weighted by atomic mass is 9.78. The van der Waals surface area contributed by atoms with Crippen molar-refractivity contribution >= 4 is 5.97 Å². The van der Waals surface area contributed by atoms with E-state index < -0.39 is 11.4 Å². The number of carbonyl (C=O) groups is 1. The second-order valence-electron chi connectivity index (χ2n) is 4.34. The molecule has 0 aromatic heterocycles. The molecule has 1 aromatic carbocycles. The van der Waals surface area contributed by atoms with Gasteiger partial charge in [-0.3, -0.25) is 4.79 Å². The van der Waals surface area contributed by atoms with Gasteiger partial charge in [0.2, 0.25) is 0 Å². The molecule has 0 saturated heterocycles. The van der Waals surface area contributed by atoms with Crippen LogP contribution in [0.3, 0.4) is 0 Å². The summed E-state index contributed by atoms with van der Waals surface area (Å²) in [6, 6.07) is 6.43. The molecule has 3 heteroatoms. The smallest absolute Gasteiger partial charge is 0.321 e. The molecule has 0 bridgehead atoms. The third-order valence-electron chi connectivity index (χ3n) is 3.43. The third-order valence-corrected chi connectivity index (χ3v) is 3.43. The van der Waals surface area contributed by atoms with Crippen LogP contribution in [0.1, 0.15) is 31.2 Å². The van der Waals surface area contributed by atoms with Crippen molar-refractivity contribution in [1.82, 2.24) is 0 Å². The van der Waals surface area contributed by atoms with Crippen molar-refractivity contribution in [3.63, 3.8) is 0 Å². The summed E-state index contributed by atoms with van der Waals surface area (Å²) in [7, 11) is 0. The molecule has 0 radical (unpaired) electrons. The fourth-order valence-corrected chi connectivity index (χ4v) is 2.60. The zero-order chi connectivity index (χ0) is 12.3. The summed E-state index contributed by atoms with van der Waals surface area (Å²) in [6.45, 7) is 3.38. The van der Waals surface area contributed by atoms with E-state index in [4.69, 9.17) is 4.74 Å². The highest BCUT2D eigenvalue weighted by molar-refractivity contribution is 5.84. The maximum atomic E-state index is 13.9. The predicted molar refractivity (Wildman–Crippen MR) is 62.8 cm³/mol. The van der Waals surface area contributed by atoms with Crippen LogP contribution in [0.5, 0.6) is 0 Å². The molecule has 17 heavy (non-hydrogen) atoms. The second-order valence-corrected chi connectivity index (χ2v) is 4.34. The van der Waals surface area contributed by atoms with E-state index in [1.807, 2.05) is 0 Å². The SMILES string of the molecule is C=COC(=O)C1(c2ccccc2F)CCCC1. The standard InChI is InChI=1S/C14H15FO2/c1-2-17-13(16)14(9-5-6-10-14)11-7-3-4-8-12(11)15/h2-4,7-8H,1,5-6,9-10H2. The number of hydrogen-bond acceptors (Lipinski definition) is 2. The molecule has 0 heterocycles. The van der Waals surface area contributed by atoms with Crippen molar-refractivity contribution < 1.29 is 13.9 Å². The average molecular weight is 234 g/mol. The zero-order valence-electron chi connectivity index (χ0n) is 9.62. The number of benzene rings is 1. The predicted octanol–water partition coefficient (Wildman–Crippen LogP) is 3.32. The Balaban J connectivity index is 2.45. The first kappa shape index (κ1) is 11.8. The molecule has 1 aliphatic rings. The summed E-state index contributed by atoms with van der Waals surface area (Å²) in [6.07, 6.45) is 4.23. The summed E-state index contributed by atoms with van der Waals surface area (Å²) in [5.74, 6) is -0.731. The lowest BCUT2D eigenvalue weighted by Gasteiger charge is -2.26. The highest BCUT2D eigenvalue weighted by Crippen LogP contribution is 2.43. The van der Waals surface area contributed by atoms with Crippen LogP contribution in [-0.4, -0.2) is 5.97 Å². The minimum atomic E-state index is -0.820. The van der Waals surface area contributed by atoms with Crippen molar-refractivity contribution in [1.29, 1.82) is 0 Å². The molecule has 0 N–H and O–H groups in total. The number of hydrogen-bond donors (Lipinski definition) is 0. The monoisotopic (exact) mass is 234 g/mol. The molecule has 1 fully saturated rings. The quantitative estimate of drug-likeness (QED) is 0.592. The van der Waals surface area contributed by atoms with Gasteiger partial charge in [0, 0.05) is 5.56 Å². The molecular formula is C14H15FO2. The fourth-order valence-electron chi connectivity index (χ4n) is 2.60. The van der Waals surface area contributed by atoms with Crippen molar-refractivity contribution in [3.8, 4) is 0 Å². The van der Waals surface area contributed by atoms with Crippen LogP contribution >= 0.6 is 0 Å². The first-order valence-electron chi connectivity index (χ1n) is 5.78. The van der Waals surface area contributed by atoms with Crippen molar-refractivity contribution in [2.75, 3.05) is 0 Å². The number of esters is 1. The van der Waals surface area contributed by atoms with Gasteiger partial charge in [-0.15, -0.1) is 0 Å². The summed E-state index contributed by atoms with van der Waals surface area (Å²) >= 11 is 0. The van der Waals surface area contributed by atoms with Crippen molar-refractivity contribution in [3.05, 3.63) is 48.5 Å². The third kappa shape index (κ3) is 1.97. The first-order valence-corrected chi connectivity index (χ1v) is 5.78. The molecule has 2 rings (SSSR count). The molecule has 0 unspecified atom stereocenters. The van der Waals surface area contributed by atoms with Crippen LogP contribution < -0.4 is 0 Å². The summed E-state index contributed by atoms with van der Waals surface area (Å²) < 4.78 is 18.8. The number of carbonyl (C=O) groups excluding carboxylic acids is 1. The minimum absolute atomic E-state index is 0.338. The molecule has 1 aromatic rings. The number of ether oxygens (including phenoxy) is 1. The van der Waals surface area contributed by atoms with E-state index >= 15 is 0 Å². The maximum Gasteiger partial charge on any atom is 0.321 e. The topological polar surface area (TPSA) is 26.3 Å². The largest absolute Gasteiger partial charge is 0.434 e. The number of rotatable bonds is 3. The Labute approximate surface area is 100 Å². The van der Waals surface area contributed by atoms with Gasteiger partial charge >= 0.3 is 5.97 Å². The van der Waals surface area contributed by atoms with Crippen molar-refractivity contribution in [2.24, 2.45) is 0 Å². The Kier molecular flexibility index (Phi) is 3.27. The summed E-state index contributed by atoms with van der Waals surface area (Å²) in [4.78, 5) is 12.1. The Bertz CT molecular complexity index is 434. The van der Waals surface area contributed by atoms with Crippen LogP contribution in [0.25, 0.3) is 0 Å². The maximum absolute atomic E-state index is 13.9. The highest BCUT2D eigenvalue weighted by atomic mass is 19.1. The molecule has 0 spiro atoms. The van der Waals surface area contributed by atoms with Gasteiger partial charge in [0.25, 0.3) is 0 Å². The summed E-state index contributed by atoms with van der Waals surface area (Å²) in [5.41, 5.74) is -0.371. The average Bonchev–Trinajstić information content (AvgIpc) is 2.80. The van der Waals surface area contributed by atoms with Gasteiger partial charge in [0.05, 0.1) is 11.7 Å². The summed E-state index contributed by atoms with van der Waals surface area (Å²) in [5, 5.41) is 0. The van der Waals surface area contributed by atoms with Gasteiger partial charge in [-0.1, -0.05) is 37.6 Å². The van der Waals surface area contributed by atoms with Gasteiger partial charge in [0.15, 0.2) is 0 Å². The Morgan fingerprint density at radius 3 is 2.59 bits per heavy atom. The van der Waals surface area contributed by atoms with Crippen LogP contribution in [0.4, 0.5) is 4.39 Å². The van der Waals surface area contributed by atoms with E-state index in [1.165, 1.54) is 6.07 Å². The van der Waals surface area contributed by atoms with Crippen LogP contribution in [0, 0.1) is 5.82 Å². The molecule has 2 nitrogen and oxygen atoms in total. The lowest BCUT2D eigenvalue weighted by Crippen LogP contribution is -2.34. The van der Waals surface area contributed by atoms with E-state index in [-0.39, 0.29) is 5.82 Å². The van der Waals surface area contributed by atoms with E-state index in [9.17, 15) is 9.18 Å². The van der Waals surface area contributed by atoms with Gasteiger partial charge in [-0.05, 0) is 18.9 Å². The van der Waals surface area contributed by atoms with Crippen molar-refractivity contribution in [2.45, 2.75) is 31.1 Å². The van der Waals surface area contributed by atoms with E-state index in [0.717, 1.165) is 19.1 Å². The van der Waals surface area contributed by atoms with Crippen LogP contribution in [0.15, 0.2) is 37.1 Å². The van der Waals surface area contributed by atoms with Crippen LogP contribution in [0.2, 0.25) is 0 Å². The van der Waals surface area contributed by atoms with E-state index in [2.05, 4.69) is 6.58 Å². The van der Waals surface area contributed by atoms with Gasteiger partial charge < -0.3 is 4.74 Å². The van der Waals surface area contributed by atoms with Crippen LogP contribution in [-0.2, 0) is 14.9 Å². The second kappa shape index (κ2) is 4.70. The zero-order valence-corrected chi connectivity index (χ0v) is 9.62. The van der Waals surface area contributed by atoms with Gasteiger partial charge in [-0.25, -0.2) is 4.39 Å². The normalized spacial score (nSPS) is 17.7. The number of halogens is 1. The molecular weight excluding hydrogens is 219 g/mol. The molecule has 1 aliphatic carbocycles. The minimum Gasteiger partial charge on any atom is -0.434 e. The molecule has 1 saturated carbocycles. The van der Waals surface area contributed by atoms with E-state index in [1.54, 1.807) is 18.2 Å². The molecule has 0 amide bonds. The van der Waals surface area contributed by atoms with E-state index in [0.29, 0.717) is 18.4 Å². The Morgan fingerprint density at radius 2 is 2.00 bits per heavy atom. The fraction of sp³-hybridized carbons (Fsp3) is 0.357. The van der Waals surface area contributed by atoms with Gasteiger partial charge in [0.1, 0.15) is 5.82 Å². The molecule has 90 valence electrons.